The zero-order valence-corrected chi connectivity index (χ0v) is 24.8. The molecule has 1 unspecified atom stereocenters. The molecule has 0 saturated carbocycles. The molecule has 42 heavy (non-hydrogen) atoms. The van der Waals surface area contributed by atoms with Crippen LogP contribution in [0.4, 0.5) is 5.69 Å². The minimum Gasteiger partial charge on any atom is -0.493 e. The number of carbonyl (C=O) groups excluding carboxylic acids is 3. The summed E-state index contributed by atoms with van der Waals surface area (Å²) in [6, 6.07) is 21.1. The van der Waals surface area contributed by atoms with Crippen LogP contribution >= 0.6 is 22.7 Å². The predicted molar refractivity (Wildman–Crippen MR) is 164 cm³/mol. The van der Waals surface area contributed by atoms with E-state index in [2.05, 4.69) is 6.07 Å². The third-order valence-corrected chi connectivity index (χ3v) is 9.14. The maximum absolute atomic E-state index is 13.9. The first-order valence-electron chi connectivity index (χ1n) is 13.3. The summed E-state index contributed by atoms with van der Waals surface area (Å²) in [4.78, 5) is 49.2. The van der Waals surface area contributed by atoms with Crippen molar-refractivity contribution in [2.24, 2.45) is 0 Å². The Bertz CT molecular complexity index is 1800. The van der Waals surface area contributed by atoms with Crippen molar-refractivity contribution in [3.63, 3.8) is 0 Å². The van der Waals surface area contributed by atoms with E-state index in [1.807, 2.05) is 48.7 Å². The normalized spacial score (nSPS) is 14.9. The largest absolute Gasteiger partial charge is 0.493 e. The van der Waals surface area contributed by atoms with Crippen LogP contribution in [0.25, 0.3) is 20.8 Å². The second-order valence-corrected chi connectivity index (χ2v) is 12.0. The number of rotatable bonds is 8. The van der Waals surface area contributed by atoms with Gasteiger partial charge in [0.2, 0.25) is 5.91 Å². The van der Waals surface area contributed by atoms with E-state index in [0.717, 1.165) is 25.7 Å². The summed E-state index contributed by atoms with van der Waals surface area (Å²) in [5.41, 5.74) is 3.80. The lowest BCUT2D eigenvalue weighted by molar-refractivity contribution is -0.122. The van der Waals surface area contributed by atoms with Crippen LogP contribution in [0.3, 0.4) is 0 Å². The van der Waals surface area contributed by atoms with Crippen molar-refractivity contribution < 1.29 is 23.9 Å². The van der Waals surface area contributed by atoms with Gasteiger partial charge >= 0.3 is 0 Å². The number of hydrogen-bond donors (Lipinski definition) is 0. The topological polar surface area (TPSA) is 89.0 Å². The number of aryl methyl sites for hydroxylation is 1. The number of thiophene rings is 1. The van der Waals surface area contributed by atoms with Gasteiger partial charge in [-0.1, -0.05) is 12.1 Å². The quantitative estimate of drug-likeness (QED) is 0.194. The number of ether oxygens (including phenoxy) is 2. The molecule has 0 aliphatic carbocycles. The van der Waals surface area contributed by atoms with E-state index in [9.17, 15) is 14.4 Å². The van der Waals surface area contributed by atoms with Gasteiger partial charge in [-0.15, -0.1) is 22.7 Å². The van der Waals surface area contributed by atoms with E-state index in [0.29, 0.717) is 22.7 Å². The van der Waals surface area contributed by atoms with Gasteiger partial charge in [0.05, 0.1) is 43.1 Å². The lowest BCUT2D eigenvalue weighted by Crippen LogP contribution is -2.45. The number of amides is 3. The van der Waals surface area contributed by atoms with E-state index in [1.54, 1.807) is 41.7 Å². The highest BCUT2D eigenvalue weighted by molar-refractivity contribution is 7.21. The number of thiazole rings is 1. The molecule has 1 fully saturated rings. The number of anilines is 1. The van der Waals surface area contributed by atoms with Crippen molar-refractivity contribution in [3.05, 3.63) is 94.2 Å². The number of benzene rings is 3. The zero-order chi connectivity index (χ0) is 29.4. The number of hydrogen-bond acceptors (Lipinski definition) is 8. The van der Waals surface area contributed by atoms with Gasteiger partial charge in [0, 0.05) is 16.0 Å². The van der Waals surface area contributed by atoms with Crippen LogP contribution in [0, 0.1) is 6.92 Å². The Morgan fingerprint density at radius 3 is 2.50 bits per heavy atom. The Kier molecular flexibility index (Phi) is 7.49. The molecule has 1 saturated heterocycles. The number of imide groups is 1. The van der Waals surface area contributed by atoms with Gasteiger partial charge in [-0.2, -0.15) is 0 Å². The Labute approximate surface area is 250 Å². The van der Waals surface area contributed by atoms with Crippen molar-refractivity contribution in [1.29, 1.82) is 0 Å². The molecule has 0 radical (unpaired) electrons. The second-order valence-electron chi connectivity index (χ2n) is 9.91. The fraction of sp³-hybridized carbons (Fsp3) is 0.188. The van der Waals surface area contributed by atoms with E-state index < -0.39 is 11.9 Å². The molecule has 212 valence electrons. The molecular weight excluding hydrogens is 571 g/mol. The molecule has 5 aromatic rings. The summed E-state index contributed by atoms with van der Waals surface area (Å²) in [5.74, 6) is -0.281. The maximum Gasteiger partial charge on any atom is 0.257 e. The predicted octanol–water partition coefficient (Wildman–Crippen LogP) is 6.32. The molecule has 10 heteroatoms. The summed E-state index contributed by atoms with van der Waals surface area (Å²) in [6.07, 6.45) is -0.109. The van der Waals surface area contributed by atoms with Crippen molar-refractivity contribution in [3.8, 4) is 22.1 Å². The van der Waals surface area contributed by atoms with E-state index in [4.69, 9.17) is 14.5 Å². The first kappa shape index (κ1) is 27.6. The van der Waals surface area contributed by atoms with E-state index in [1.165, 1.54) is 40.9 Å². The molecule has 8 nitrogen and oxygen atoms in total. The van der Waals surface area contributed by atoms with Crippen LogP contribution in [-0.4, -0.2) is 47.9 Å². The molecular formula is C32H27N3O5S2. The van der Waals surface area contributed by atoms with Crippen LogP contribution in [0.2, 0.25) is 0 Å². The summed E-state index contributed by atoms with van der Waals surface area (Å²) in [5, 5.41) is 2.78. The summed E-state index contributed by atoms with van der Waals surface area (Å²) in [6.45, 7) is 2.24. The van der Waals surface area contributed by atoms with Gasteiger partial charge in [0.25, 0.3) is 11.8 Å². The van der Waals surface area contributed by atoms with Crippen LogP contribution in [0.1, 0.15) is 27.2 Å². The van der Waals surface area contributed by atoms with Crippen molar-refractivity contribution >= 4 is 56.3 Å². The highest BCUT2D eigenvalue weighted by Crippen LogP contribution is 2.34. The Morgan fingerprint density at radius 2 is 1.79 bits per heavy atom. The van der Waals surface area contributed by atoms with Crippen molar-refractivity contribution in [2.45, 2.75) is 25.9 Å². The third kappa shape index (κ3) is 5.15. The molecule has 1 atom stereocenters. The minimum atomic E-state index is -0.952. The van der Waals surface area contributed by atoms with Crippen molar-refractivity contribution in [1.82, 2.24) is 9.88 Å². The fourth-order valence-corrected chi connectivity index (χ4v) is 6.84. The van der Waals surface area contributed by atoms with Crippen LogP contribution in [0.15, 0.2) is 78.2 Å². The van der Waals surface area contributed by atoms with Gasteiger partial charge in [-0.3, -0.25) is 14.4 Å². The van der Waals surface area contributed by atoms with E-state index >= 15 is 0 Å². The summed E-state index contributed by atoms with van der Waals surface area (Å²) in [7, 11) is 3.02. The molecule has 2 aromatic heterocycles. The van der Waals surface area contributed by atoms with Crippen molar-refractivity contribution in [2.75, 3.05) is 19.1 Å². The average Bonchev–Trinajstić information content (AvgIpc) is 3.74. The number of fused-ring (bicyclic) bond motifs is 1. The molecule has 6 rings (SSSR count). The highest BCUT2D eigenvalue weighted by atomic mass is 32.1. The molecule has 0 bridgehead atoms. The zero-order valence-electron chi connectivity index (χ0n) is 23.2. The molecule has 0 N–H and O–H groups in total. The fourth-order valence-electron chi connectivity index (χ4n) is 5.07. The van der Waals surface area contributed by atoms with Gasteiger partial charge in [0.15, 0.2) is 11.5 Å². The van der Waals surface area contributed by atoms with Crippen LogP contribution < -0.4 is 14.4 Å². The molecule has 1 aliphatic heterocycles. The number of carbonyl (C=O) groups is 3. The van der Waals surface area contributed by atoms with Gasteiger partial charge in [-0.05, 0) is 78.5 Å². The number of aromatic nitrogens is 1. The van der Waals surface area contributed by atoms with Crippen LogP contribution in [-0.2, 0) is 16.1 Å². The SMILES string of the molecule is COc1ccc(C(=O)N(Cc2cccs2)C2CC(=O)N(c3ccc(-c4nc5ccc(C)cc5s4)cc3)C2=O)cc1OC. The molecule has 3 amide bonds. The Morgan fingerprint density at radius 1 is 1.00 bits per heavy atom. The van der Waals surface area contributed by atoms with E-state index in [-0.39, 0.29) is 24.8 Å². The molecule has 3 aromatic carbocycles. The highest BCUT2D eigenvalue weighted by Gasteiger charge is 2.44. The standard InChI is InChI=1S/C32H27N3O5S2/c1-19-6-12-24-28(15-19)42-30(33-24)20-7-10-22(11-8-20)35-29(36)17-25(32(35)38)34(18-23-5-4-14-41-23)31(37)21-9-13-26(39-2)27(16-21)40-3/h4-16,25H,17-18H2,1-3H3. The lowest BCUT2D eigenvalue weighted by Gasteiger charge is -2.27. The monoisotopic (exact) mass is 597 g/mol. The first-order chi connectivity index (χ1) is 20.4. The Balaban J connectivity index is 1.28. The summed E-state index contributed by atoms with van der Waals surface area (Å²) >= 11 is 3.08. The summed E-state index contributed by atoms with van der Waals surface area (Å²) < 4.78 is 11.8. The van der Waals surface area contributed by atoms with Crippen LogP contribution in [0.5, 0.6) is 11.5 Å². The van der Waals surface area contributed by atoms with Gasteiger partial charge in [-0.25, -0.2) is 9.88 Å². The molecule has 1 aliphatic rings. The average molecular weight is 598 g/mol. The maximum atomic E-state index is 13.9. The molecule has 3 heterocycles. The first-order valence-corrected chi connectivity index (χ1v) is 15.0. The van der Waals surface area contributed by atoms with Gasteiger partial charge in [0.1, 0.15) is 11.0 Å². The smallest absolute Gasteiger partial charge is 0.257 e. The molecule has 0 spiro atoms. The second kappa shape index (κ2) is 11.4. The minimum absolute atomic E-state index is 0.109. The number of methoxy groups -OCH3 is 2. The number of nitrogens with zero attached hydrogens (tertiary/aromatic N) is 3. The van der Waals surface area contributed by atoms with Gasteiger partial charge < -0.3 is 14.4 Å². The Hall–Kier alpha value is -4.54. The third-order valence-electron chi connectivity index (χ3n) is 7.21. The lowest BCUT2D eigenvalue weighted by atomic mass is 10.1.